The summed E-state index contributed by atoms with van der Waals surface area (Å²) in [5.41, 5.74) is 0.608. The largest absolute Gasteiger partial charge is 0.508 e. The third-order valence-corrected chi connectivity index (χ3v) is 2.22. The van der Waals surface area contributed by atoms with E-state index in [4.69, 9.17) is 4.74 Å². The van der Waals surface area contributed by atoms with Crippen molar-refractivity contribution in [3.63, 3.8) is 0 Å². The highest BCUT2D eigenvalue weighted by Gasteiger charge is 2.28. The van der Waals surface area contributed by atoms with E-state index in [1.165, 1.54) is 6.08 Å². The minimum Gasteiger partial charge on any atom is -0.508 e. The van der Waals surface area contributed by atoms with Crippen LogP contribution in [0.2, 0.25) is 0 Å². The monoisotopic (exact) mass is 180 g/mol. The van der Waals surface area contributed by atoms with Crippen LogP contribution < -0.4 is 0 Å². The lowest BCUT2D eigenvalue weighted by Crippen LogP contribution is -2.28. The van der Waals surface area contributed by atoms with Crippen LogP contribution in [0.1, 0.15) is 26.7 Å². The highest BCUT2D eigenvalue weighted by molar-refractivity contribution is 5.32. The first-order valence-electron chi connectivity index (χ1n) is 4.39. The third kappa shape index (κ3) is 2.14. The molecule has 0 amide bonds. The van der Waals surface area contributed by atoms with E-state index < -0.39 is 0 Å². The van der Waals surface area contributed by atoms with E-state index in [0.29, 0.717) is 5.76 Å². The van der Waals surface area contributed by atoms with Gasteiger partial charge in [-0.15, -0.1) is 0 Å². The van der Waals surface area contributed by atoms with Gasteiger partial charge in [0.25, 0.3) is 0 Å². The van der Waals surface area contributed by atoms with Crippen molar-refractivity contribution in [3.8, 4) is 0 Å². The lowest BCUT2D eigenvalue weighted by atomic mass is 9.93. The van der Waals surface area contributed by atoms with Gasteiger partial charge >= 0.3 is 0 Å². The van der Waals surface area contributed by atoms with Crippen molar-refractivity contribution < 1.29 is 9.84 Å². The highest BCUT2D eigenvalue weighted by Crippen LogP contribution is 2.34. The molecular formula is C11H16O2. The third-order valence-electron chi connectivity index (χ3n) is 2.22. The zero-order valence-electron chi connectivity index (χ0n) is 8.26. The first-order valence-corrected chi connectivity index (χ1v) is 4.39. The first kappa shape index (κ1) is 9.90. The fourth-order valence-corrected chi connectivity index (χ4v) is 1.41. The zero-order chi connectivity index (χ0) is 10.1. The fourth-order valence-electron chi connectivity index (χ4n) is 1.41. The van der Waals surface area contributed by atoms with Gasteiger partial charge in [-0.05, 0) is 32.8 Å². The van der Waals surface area contributed by atoms with Gasteiger partial charge in [-0.3, -0.25) is 0 Å². The van der Waals surface area contributed by atoms with Crippen LogP contribution in [-0.2, 0) is 4.74 Å². The van der Waals surface area contributed by atoms with E-state index in [2.05, 4.69) is 13.2 Å². The van der Waals surface area contributed by atoms with E-state index in [9.17, 15) is 5.11 Å². The normalized spacial score (nSPS) is 24.9. The molecule has 72 valence electrons. The summed E-state index contributed by atoms with van der Waals surface area (Å²) in [6.07, 6.45) is 3.10. The molecule has 2 heteroatoms. The molecule has 0 spiro atoms. The van der Waals surface area contributed by atoms with Crippen molar-refractivity contribution in [1.29, 1.82) is 0 Å². The Balaban J connectivity index is 2.87. The predicted octanol–water partition coefficient (Wildman–Crippen LogP) is 3.09. The second-order valence-electron chi connectivity index (χ2n) is 3.85. The molecule has 0 unspecified atom stereocenters. The van der Waals surface area contributed by atoms with Gasteiger partial charge in [0.1, 0.15) is 17.1 Å². The minimum absolute atomic E-state index is 0.165. The first-order chi connectivity index (χ1) is 5.96. The summed E-state index contributed by atoms with van der Waals surface area (Å²) >= 11 is 0. The Hall–Kier alpha value is -1.18. The maximum Gasteiger partial charge on any atom is 0.121 e. The van der Waals surface area contributed by atoms with Crippen LogP contribution in [0.5, 0.6) is 0 Å². The van der Waals surface area contributed by atoms with Crippen molar-refractivity contribution in [2.75, 3.05) is 0 Å². The molecule has 0 bridgehead atoms. The molecule has 0 aromatic carbocycles. The lowest BCUT2D eigenvalue weighted by molar-refractivity contribution is 0.0151. The molecular weight excluding hydrogens is 164 g/mol. The quantitative estimate of drug-likeness (QED) is 0.628. The number of ether oxygens (including phenoxy) is 1. The summed E-state index contributed by atoms with van der Waals surface area (Å²) in [5.74, 6) is 0.745. The van der Waals surface area contributed by atoms with E-state index in [-0.39, 0.29) is 11.4 Å². The molecule has 0 atom stereocenters. The number of hydrogen-bond acceptors (Lipinski definition) is 2. The average Bonchev–Trinajstić information content (AvgIpc) is 2.01. The topological polar surface area (TPSA) is 29.5 Å². The maximum atomic E-state index is 9.44. The summed E-state index contributed by atoms with van der Waals surface area (Å²) in [4.78, 5) is 0. The summed E-state index contributed by atoms with van der Waals surface area (Å²) in [7, 11) is 0. The minimum atomic E-state index is -0.165. The molecule has 1 heterocycles. The van der Waals surface area contributed by atoms with Crippen LogP contribution in [0.25, 0.3) is 0 Å². The number of rotatable bonds is 1. The van der Waals surface area contributed by atoms with Gasteiger partial charge in [0.15, 0.2) is 0 Å². The molecule has 0 aliphatic carbocycles. The molecule has 13 heavy (non-hydrogen) atoms. The van der Waals surface area contributed by atoms with E-state index in [1.54, 1.807) is 0 Å². The summed E-state index contributed by atoms with van der Waals surface area (Å²) in [5, 5.41) is 9.44. The summed E-state index contributed by atoms with van der Waals surface area (Å²) in [6, 6.07) is 0. The molecule has 0 saturated carbocycles. The average molecular weight is 180 g/mol. The lowest BCUT2D eigenvalue weighted by Gasteiger charge is -2.33. The number of allylic oxidation sites excluding steroid dienone is 2. The predicted molar refractivity (Wildman–Crippen MR) is 53.4 cm³/mol. The van der Waals surface area contributed by atoms with Gasteiger partial charge in [0.05, 0.1) is 0 Å². The van der Waals surface area contributed by atoms with Crippen molar-refractivity contribution in [2.24, 2.45) is 0 Å². The standard InChI is InChI=1S/C11H16O2/c1-5-10(12)9-6-7-11(3,4)13-8(9)2/h5,12H,1-2,6-7H2,3-4H3/b10-9+. The highest BCUT2D eigenvalue weighted by atomic mass is 16.5. The summed E-state index contributed by atoms with van der Waals surface area (Å²) < 4.78 is 5.55. The Labute approximate surface area is 79.2 Å². The van der Waals surface area contributed by atoms with Gasteiger partial charge < -0.3 is 9.84 Å². The maximum absolute atomic E-state index is 9.44. The van der Waals surface area contributed by atoms with Crippen LogP contribution >= 0.6 is 0 Å². The molecule has 2 nitrogen and oxygen atoms in total. The van der Waals surface area contributed by atoms with Crippen LogP contribution in [-0.4, -0.2) is 10.7 Å². The van der Waals surface area contributed by atoms with Crippen LogP contribution in [0.3, 0.4) is 0 Å². The smallest absolute Gasteiger partial charge is 0.121 e. The molecule has 0 aromatic heterocycles. The number of aliphatic hydroxyl groups excluding tert-OH is 1. The SMILES string of the molecule is C=C/C(O)=C1/CCC(C)(C)OC1=C. The zero-order valence-corrected chi connectivity index (χ0v) is 8.26. The van der Waals surface area contributed by atoms with Gasteiger partial charge in [0, 0.05) is 5.57 Å². The van der Waals surface area contributed by atoms with Crippen molar-refractivity contribution >= 4 is 0 Å². The Bertz CT molecular complexity index is 272. The molecule has 1 aliphatic rings. The van der Waals surface area contributed by atoms with Gasteiger partial charge in [0.2, 0.25) is 0 Å². The van der Waals surface area contributed by atoms with Crippen LogP contribution in [0.15, 0.2) is 36.3 Å². The Kier molecular flexibility index (Phi) is 2.50. The van der Waals surface area contributed by atoms with Crippen LogP contribution in [0.4, 0.5) is 0 Å². The van der Waals surface area contributed by atoms with Crippen molar-refractivity contribution in [2.45, 2.75) is 32.3 Å². The van der Waals surface area contributed by atoms with Gasteiger partial charge in [-0.25, -0.2) is 0 Å². The Morgan fingerprint density at radius 2 is 2.23 bits per heavy atom. The van der Waals surface area contributed by atoms with Crippen molar-refractivity contribution in [1.82, 2.24) is 0 Å². The second-order valence-corrected chi connectivity index (χ2v) is 3.85. The number of aliphatic hydroxyl groups is 1. The Morgan fingerprint density at radius 1 is 1.62 bits per heavy atom. The van der Waals surface area contributed by atoms with E-state index in [1.807, 2.05) is 13.8 Å². The fraction of sp³-hybridized carbons (Fsp3) is 0.455. The molecule has 1 rings (SSSR count). The summed E-state index contributed by atoms with van der Waals surface area (Å²) in [6.45, 7) is 11.3. The van der Waals surface area contributed by atoms with Gasteiger partial charge in [-0.1, -0.05) is 13.2 Å². The van der Waals surface area contributed by atoms with Crippen LogP contribution in [0, 0.1) is 0 Å². The second kappa shape index (κ2) is 3.29. The Morgan fingerprint density at radius 3 is 2.69 bits per heavy atom. The molecule has 0 radical (unpaired) electrons. The molecule has 1 fully saturated rings. The van der Waals surface area contributed by atoms with Crippen molar-refractivity contribution in [3.05, 3.63) is 36.3 Å². The number of hydrogen-bond donors (Lipinski definition) is 1. The molecule has 1 N–H and O–H groups in total. The van der Waals surface area contributed by atoms with Gasteiger partial charge in [-0.2, -0.15) is 0 Å². The molecule has 1 saturated heterocycles. The van der Waals surface area contributed by atoms with E-state index in [0.717, 1.165) is 18.4 Å². The van der Waals surface area contributed by atoms with E-state index >= 15 is 0 Å². The molecule has 0 aromatic rings. The molecule has 1 aliphatic heterocycles.